The number of aliphatic hydroxyl groups is 1. The molecule has 1 atom stereocenters. The molecule has 13 nitrogen and oxygen atoms in total. The average Bonchev–Trinajstić information content (AvgIpc) is 3.99. The van der Waals surface area contributed by atoms with Gasteiger partial charge in [-0.05, 0) is 107 Å². The number of furan rings is 1. The molecule has 2 aromatic carbocycles. The number of H-pyrrole nitrogens is 1. The SMILES string of the molecule is CC(C)(C)c1cc(NC(O)Nc2ccc3oc(C(=O)c4cc5c(CN6CCCC6)c(OC(=O)N6CCC(N7CCCCC7)CC6)ccc5[nH]4)cc3c2)no1. The number of fused-ring (bicyclic) bond motifs is 2. The Morgan fingerprint density at radius 2 is 1.70 bits per heavy atom. The molecule has 54 heavy (non-hydrogen) atoms. The molecular weight excluding hydrogens is 686 g/mol. The van der Waals surface area contributed by atoms with E-state index in [1.807, 2.05) is 43.9 Å². The number of anilines is 2. The van der Waals surface area contributed by atoms with E-state index in [1.54, 1.807) is 30.3 Å². The van der Waals surface area contributed by atoms with Gasteiger partial charge in [-0.2, -0.15) is 0 Å². The zero-order valence-corrected chi connectivity index (χ0v) is 31.5. The number of nitrogens with one attached hydrogen (secondary N) is 3. The van der Waals surface area contributed by atoms with Gasteiger partial charge in [0.05, 0.1) is 5.69 Å². The number of hydrogen-bond acceptors (Lipinski definition) is 11. The predicted octanol–water partition coefficient (Wildman–Crippen LogP) is 7.28. The fourth-order valence-corrected chi connectivity index (χ4v) is 8.05. The molecule has 0 aliphatic carbocycles. The Morgan fingerprint density at radius 1 is 0.944 bits per heavy atom. The number of ketones is 1. The van der Waals surface area contributed by atoms with E-state index in [0.717, 1.165) is 55.2 Å². The zero-order chi connectivity index (χ0) is 37.4. The number of piperidine rings is 2. The summed E-state index contributed by atoms with van der Waals surface area (Å²) in [5, 5.41) is 22.1. The molecule has 1 unspecified atom stereocenters. The van der Waals surface area contributed by atoms with Crippen molar-refractivity contribution in [2.75, 3.05) is 49.9 Å². The second-order valence-electron chi connectivity index (χ2n) is 16.1. The molecule has 4 N–H and O–H groups in total. The van der Waals surface area contributed by atoms with Crippen molar-refractivity contribution in [3.8, 4) is 5.75 Å². The second kappa shape index (κ2) is 15.1. The first-order chi connectivity index (χ1) is 26.1. The van der Waals surface area contributed by atoms with Crippen LogP contribution in [0.25, 0.3) is 21.9 Å². The van der Waals surface area contributed by atoms with Gasteiger partial charge in [-0.1, -0.05) is 32.3 Å². The minimum absolute atomic E-state index is 0.186. The van der Waals surface area contributed by atoms with Crippen molar-refractivity contribution in [2.24, 2.45) is 0 Å². The van der Waals surface area contributed by atoms with E-state index < -0.39 is 6.35 Å². The number of carbonyl (C=O) groups excluding carboxylic acids is 2. The number of carbonyl (C=O) groups is 2. The van der Waals surface area contributed by atoms with Gasteiger partial charge in [-0.15, -0.1) is 0 Å². The van der Waals surface area contributed by atoms with Gasteiger partial charge in [-0.25, -0.2) is 4.79 Å². The van der Waals surface area contributed by atoms with Gasteiger partial charge in [-0.3, -0.25) is 9.69 Å². The first-order valence-corrected chi connectivity index (χ1v) is 19.4. The van der Waals surface area contributed by atoms with E-state index in [9.17, 15) is 14.7 Å². The number of aromatic amines is 1. The maximum absolute atomic E-state index is 13.9. The minimum Gasteiger partial charge on any atom is -0.453 e. The van der Waals surface area contributed by atoms with Crippen molar-refractivity contribution in [3.05, 3.63) is 71.3 Å². The fraction of sp³-hybridized carbons (Fsp3) is 0.488. The molecule has 3 aliphatic rings. The van der Waals surface area contributed by atoms with Crippen LogP contribution in [0.5, 0.6) is 5.75 Å². The van der Waals surface area contributed by atoms with Crippen LogP contribution in [-0.2, 0) is 12.0 Å². The maximum Gasteiger partial charge on any atom is 0.415 e. The van der Waals surface area contributed by atoms with Crippen molar-refractivity contribution >= 4 is 45.3 Å². The number of hydrogen-bond donors (Lipinski definition) is 4. The van der Waals surface area contributed by atoms with Crippen LogP contribution in [0, 0.1) is 0 Å². The van der Waals surface area contributed by atoms with E-state index in [1.165, 1.54) is 32.4 Å². The number of amides is 1. The van der Waals surface area contributed by atoms with Crippen LogP contribution < -0.4 is 15.4 Å². The van der Waals surface area contributed by atoms with Crippen LogP contribution in [0.4, 0.5) is 16.3 Å². The van der Waals surface area contributed by atoms with Crippen LogP contribution in [0.2, 0.25) is 0 Å². The number of nitrogens with zero attached hydrogens (tertiary/aromatic N) is 4. The van der Waals surface area contributed by atoms with Crippen molar-refractivity contribution < 1.29 is 28.4 Å². The van der Waals surface area contributed by atoms with Gasteiger partial charge in [0.2, 0.25) is 12.1 Å². The summed E-state index contributed by atoms with van der Waals surface area (Å²) in [7, 11) is 0. The molecule has 0 radical (unpaired) electrons. The summed E-state index contributed by atoms with van der Waals surface area (Å²) >= 11 is 0. The van der Waals surface area contributed by atoms with Gasteiger partial charge in [0.25, 0.3) is 0 Å². The van der Waals surface area contributed by atoms with E-state index in [0.29, 0.717) is 65.4 Å². The molecule has 5 aromatic rings. The van der Waals surface area contributed by atoms with Crippen molar-refractivity contribution in [3.63, 3.8) is 0 Å². The lowest BCUT2D eigenvalue weighted by Gasteiger charge is -2.39. The van der Waals surface area contributed by atoms with Crippen LogP contribution in [0.3, 0.4) is 0 Å². The average molecular weight is 738 g/mol. The van der Waals surface area contributed by atoms with Crippen LogP contribution in [-0.4, -0.2) is 93.5 Å². The quantitative estimate of drug-likeness (QED) is 0.0846. The molecule has 8 rings (SSSR count). The number of benzene rings is 2. The molecule has 1 amide bonds. The highest BCUT2D eigenvalue weighted by atomic mass is 16.6. The fourth-order valence-electron chi connectivity index (χ4n) is 8.05. The van der Waals surface area contributed by atoms with Crippen molar-refractivity contribution in [2.45, 2.75) is 90.1 Å². The third-order valence-electron chi connectivity index (χ3n) is 11.1. The first-order valence-electron chi connectivity index (χ1n) is 19.4. The molecule has 3 fully saturated rings. The lowest BCUT2D eigenvalue weighted by atomic mass is 9.93. The molecule has 0 bridgehead atoms. The normalized spacial score (nSPS) is 18.4. The lowest BCUT2D eigenvalue weighted by molar-refractivity contribution is 0.0876. The Balaban J connectivity index is 0.973. The lowest BCUT2D eigenvalue weighted by Crippen LogP contribution is -2.48. The van der Waals surface area contributed by atoms with Crippen LogP contribution >= 0.6 is 0 Å². The minimum atomic E-state index is -1.14. The number of rotatable bonds is 10. The smallest absolute Gasteiger partial charge is 0.415 e. The maximum atomic E-state index is 13.9. The topological polar surface area (TPSA) is 152 Å². The summed E-state index contributed by atoms with van der Waals surface area (Å²) in [6, 6.07) is 14.9. The Bertz CT molecular complexity index is 2110. The molecular formula is C41H51N7O6. The van der Waals surface area contributed by atoms with Crippen LogP contribution in [0.1, 0.15) is 93.3 Å². The van der Waals surface area contributed by atoms with Gasteiger partial charge in [0, 0.05) is 64.7 Å². The molecule has 6 heterocycles. The van der Waals surface area contributed by atoms with Crippen molar-refractivity contribution in [1.29, 1.82) is 0 Å². The van der Waals surface area contributed by atoms with Gasteiger partial charge in [0.15, 0.2) is 11.6 Å². The van der Waals surface area contributed by atoms with Gasteiger partial charge in [0.1, 0.15) is 17.1 Å². The number of aromatic nitrogens is 2. The Labute approximate surface area is 314 Å². The molecule has 3 saturated heterocycles. The van der Waals surface area contributed by atoms with Gasteiger partial charge >= 0.3 is 6.09 Å². The van der Waals surface area contributed by atoms with Crippen LogP contribution in [0.15, 0.2) is 57.5 Å². The molecule has 0 spiro atoms. The summed E-state index contributed by atoms with van der Waals surface area (Å²) in [5.41, 5.74) is 3.02. The van der Waals surface area contributed by atoms with Crippen molar-refractivity contribution in [1.82, 2.24) is 24.8 Å². The van der Waals surface area contributed by atoms with E-state index in [2.05, 4.69) is 30.6 Å². The number of ether oxygens (including phenoxy) is 1. The zero-order valence-electron chi connectivity index (χ0n) is 31.5. The highest BCUT2D eigenvalue weighted by Gasteiger charge is 2.30. The predicted molar refractivity (Wildman–Crippen MR) is 207 cm³/mol. The third kappa shape index (κ3) is 7.84. The standard InChI is InChI=1S/C41H51N7O6/c1-41(2,3)36-24-37(45-54-36)44-39(50)42-27-9-11-33-26(21-27)22-35(52-33)38(49)32-23-29-30(25-46-15-7-8-16-46)34(12-10-31(29)43-32)53-40(51)48-19-13-28(14-20-48)47-17-5-4-6-18-47/h9-12,21-24,28,39,42-43,50H,4-8,13-20,25H2,1-3H3,(H,44,45). The Morgan fingerprint density at radius 3 is 2.44 bits per heavy atom. The van der Waals surface area contributed by atoms with E-state index >= 15 is 0 Å². The summed E-state index contributed by atoms with van der Waals surface area (Å²) in [6.07, 6.45) is 6.60. The summed E-state index contributed by atoms with van der Waals surface area (Å²) in [6.45, 7) is 12.4. The van der Waals surface area contributed by atoms with E-state index in [4.69, 9.17) is 13.7 Å². The van der Waals surface area contributed by atoms with Gasteiger partial charge < -0.3 is 44.2 Å². The summed E-state index contributed by atoms with van der Waals surface area (Å²) in [4.78, 5) is 37.5. The molecule has 3 aromatic heterocycles. The number of aliphatic hydroxyl groups excluding tert-OH is 1. The second-order valence-corrected chi connectivity index (χ2v) is 16.1. The first kappa shape index (κ1) is 36.1. The molecule has 286 valence electrons. The Kier molecular flexibility index (Phi) is 10.1. The highest BCUT2D eigenvalue weighted by molar-refractivity contribution is 6.10. The summed E-state index contributed by atoms with van der Waals surface area (Å²) < 4.78 is 17.6. The molecule has 3 aliphatic heterocycles. The Hall–Kier alpha value is -4.85. The monoisotopic (exact) mass is 737 g/mol. The highest BCUT2D eigenvalue weighted by Crippen LogP contribution is 2.34. The molecule has 0 saturated carbocycles. The summed E-state index contributed by atoms with van der Waals surface area (Å²) in [5.74, 6) is 1.54. The van der Waals surface area contributed by atoms with E-state index in [-0.39, 0.29) is 23.1 Å². The molecule has 13 heteroatoms. The third-order valence-corrected chi connectivity index (χ3v) is 11.1. The number of likely N-dealkylation sites (tertiary alicyclic amines) is 3. The largest absolute Gasteiger partial charge is 0.453 e.